The fourth-order valence-electron chi connectivity index (χ4n) is 6.64. The summed E-state index contributed by atoms with van der Waals surface area (Å²) in [6.45, 7) is 7.54. The summed E-state index contributed by atoms with van der Waals surface area (Å²) in [6, 6.07) is 0. The molecule has 6 atom stereocenters. The zero-order valence-electron chi connectivity index (χ0n) is 12.3. The molecule has 6 unspecified atom stereocenters. The minimum absolute atomic E-state index is 0.511. The molecule has 0 aliphatic heterocycles. The lowest BCUT2D eigenvalue weighted by Gasteiger charge is -2.36. The molecule has 0 bridgehead atoms. The molecule has 0 N–H and O–H groups in total. The van der Waals surface area contributed by atoms with Crippen LogP contribution in [0.3, 0.4) is 0 Å². The normalized spacial score (nSPS) is 53.6. The summed E-state index contributed by atoms with van der Waals surface area (Å²) in [7, 11) is 0. The Balaban J connectivity index is 1.71. The maximum atomic E-state index is 2.64. The summed E-state index contributed by atoms with van der Waals surface area (Å²) in [5.74, 6) is 5.09. The molecular formula is C18H28. The molecule has 0 aromatic rings. The molecule has 0 aromatic carbocycles. The van der Waals surface area contributed by atoms with E-state index in [1.807, 2.05) is 0 Å². The Morgan fingerprint density at radius 3 is 2.11 bits per heavy atom. The number of fused-ring (bicyclic) bond motifs is 4. The average Bonchev–Trinajstić information content (AvgIpc) is 2.68. The third-order valence-electron chi connectivity index (χ3n) is 7.05. The molecule has 18 heavy (non-hydrogen) atoms. The van der Waals surface area contributed by atoms with E-state index in [4.69, 9.17) is 0 Å². The van der Waals surface area contributed by atoms with E-state index in [0.29, 0.717) is 10.8 Å². The molecule has 100 valence electrons. The average molecular weight is 244 g/mol. The van der Waals surface area contributed by atoms with Crippen molar-refractivity contribution in [1.29, 1.82) is 0 Å². The highest BCUT2D eigenvalue weighted by Crippen LogP contribution is 2.84. The van der Waals surface area contributed by atoms with E-state index in [9.17, 15) is 0 Å². The van der Waals surface area contributed by atoms with Crippen LogP contribution in [0.4, 0.5) is 0 Å². The standard InChI is InChI=1S/C18H28/c1-17(2,3)18-14-10-11-15(18)16(18)13-9-7-5-4-6-8-12(13)14/h10-16H,4-9H2,1-3H3. The summed E-state index contributed by atoms with van der Waals surface area (Å²) in [4.78, 5) is 0. The van der Waals surface area contributed by atoms with Crippen LogP contribution < -0.4 is 0 Å². The molecule has 0 saturated heterocycles. The van der Waals surface area contributed by atoms with Crippen LogP contribution in [0, 0.1) is 40.4 Å². The second kappa shape index (κ2) is 3.44. The van der Waals surface area contributed by atoms with Gasteiger partial charge in [0, 0.05) is 0 Å². The molecule has 4 aliphatic rings. The van der Waals surface area contributed by atoms with Crippen LogP contribution in [0.25, 0.3) is 0 Å². The van der Waals surface area contributed by atoms with Crippen molar-refractivity contribution >= 4 is 0 Å². The van der Waals surface area contributed by atoms with Crippen molar-refractivity contribution in [3.8, 4) is 0 Å². The lowest BCUT2D eigenvalue weighted by atomic mass is 9.67. The zero-order valence-corrected chi connectivity index (χ0v) is 12.3. The quantitative estimate of drug-likeness (QED) is 0.523. The predicted molar refractivity (Wildman–Crippen MR) is 76.2 cm³/mol. The van der Waals surface area contributed by atoms with Crippen LogP contribution in [-0.2, 0) is 0 Å². The number of hydrogen-bond donors (Lipinski definition) is 0. The molecule has 0 radical (unpaired) electrons. The number of allylic oxidation sites excluding steroid dienone is 2. The van der Waals surface area contributed by atoms with Gasteiger partial charge < -0.3 is 0 Å². The Morgan fingerprint density at radius 1 is 0.833 bits per heavy atom. The molecule has 3 saturated carbocycles. The van der Waals surface area contributed by atoms with Crippen molar-refractivity contribution in [2.45, 2.75) is 59.3 Å². The molecule has 4 aliphatic carbocycles. The Kier molecular flexibility index (Phi) is 2.21. The molecule has 0 heteroatoms. The molecule has 0 amide bonds. The molecule has 3 fully saturated rings. The summed E-state index contributed by atoms with van der Waals surface area (Å²) in [6.07, 6.45) is 14.3. The van der Waals surface area contributed by atoms with E-state index >= 15 is 0 Å². The Morgan fingerprint density at radius 2 is 1.44 bits per heavy atom. The molecule has 0 nitrogen and oxygen atoms in total. The highest BCUT2D eigenvalue weighted by molar-refractivity contribution is 5.38. The van der Waals surface area contributed by atoms with E-state index in [2.05, 4.69) is 32.9 Å². The minimum atomic E-state index is 0.511. The van der Waals surface area contributed by atoms with E-state index in [1.165, 1.54) is 32.1 Å². The van der Waals surface area contributed by atoms with Crippen LogP contribution in [0.5, 0.6) is 0 Å². The minimum Gasteiger partial charge on any atom is -0.0842 e. The summed E-state index contributed by atoms with van der Waals surface area (Å²) in [5.41, 5.74) is 1.20. The van der Waals surface area contributed by atoms with E-state index in [-0.39, 0.29) is 0 Å². The van der Waals surface area contributed by atoms with Crippen molar-refractivity contribution in [2.75, 3.05) is 0 Å². The van der Waals surface area contributed by atoms with Gasteiger partial charge in [-0.15, -0.1) is 0 Å². The Labute approximate surface area is 112 Å². The SMILES string of the molecule is CC(C)(C)C12C3C=CC1C2C1CCCCCCC13. The van der Waals surface area contributed by atoms with Crippen LogP contribution >= 0.6 is 0 Å². The Bertz CT molecular complexity index is 385. The van der Waals surface area contributed by atoms with Gasteiger partial charge in [-0.3, -0.25) is 0 Å². The topological polar surface area (TPSA) is 0 Å². The molecule has 0 heterocycles. The van der Waals surface area contributed by atoms with Crippen LogP contribution in [0.15, 0.2) is 12.2 Å². The first kappa shape index (κ1) is 11.6. The molecule has 0 spiro atoms. The van der Waals surface area contributed by atoms with Gasteiger partial charge in [0.1, 0.15) is 0 Å². The lowest BCUT2D eigenvalue weighted by molar-refractivity contribution is 0.131. The third kappa shape index (κ3) is 1.14. The van der Waals surface area contributed by atoms with E-state index in [1.54, 1.807) is 6.42 Å². The van der Waals surface area contributed by atoms with Gasteiger partial charge in [-0.05, 0) is 53.3 Å². The zero-order chi connectivity index (χ0) is 12.5. The van der Waals surface area contributed by atoms with Crippen molar-refractivity contribution in [3.63, 3.8) is 0 Å². The van der Waals surface area contributed by atoms with Gasteiger partial charge >= 0.3 is 0 Å². The van der Waals surface area contributed by atoms with Crippen molar-refractivity contribution in [1.82, 2.24) is 0 Å². The Hall–Kier alpha value is -0.260. The predicted octanol–water partition coefficient (Wildman–Crippen LogP) is 5.05. The van der Waals surface area contributed by atoms with Crippen molar-refractivity contribution in [3.05, 3.63) is 12.2 Å². The van der Waals surface area contributed by atoms with Gasteiger partial charge in [-0.2, -0.15) is 0 Å². The largest absolute Gasteiger partial charge is 0.0842 e. The highest BCUT2D eigenvalue weighted by Gasteiger charge is 2.80. The first-order chi connectivity index (χ1) is 8.58. The second-order valence-electron chi connectivity index (χ2n) is 8.46. The third-order valence-corrected chi connectivity index (χ3v) is 7.05. The van der Waals surface area contributed by atoms with Gasteiger partial charge in [0.25, 0.3) is 0 Å². The van der Waals surface area contributed by atoms with Crippen molar-refractivity contribution in [2.24, 2.45) is 40.4 Å². The van der Waals surface area contributed by atoms with Gasteiger partial charge in [-0.1, -0.05) is 58.6 Å². The fraction of sp³-hybridized carbons (Fsp3) is 0.889. The monoisotopic (exact) mass is 244 g/mol. The second-order valence-corrected chi connectivity index (χ2v) is 8.46. The van der Waals surface area contributed by atoms with Crippen LogP contribution in [-0.4, -0.2) is 0 Å². The summed E-state index contributed by atoms with van der Waals surface area (Å²) in [5, 5.41) is 0. The van der Waals surface area contributed by atoms with Gasteiger partial charge in [0.2, 0.25) is 0 Å². The smallest absolute Gasteiger partial charge is 0.00807 e. The fourth-order valence-corrected chi connectivity index (χ4v) is 6.64. The number of rotatable bonds is 0. The van der Waals surface area contributed by atoms with E-state index in [0.717, 1.165) is 29.6 Å². The van der Waals surface area contributed by atoms with Gasteiger partial charge in [-0.25, -0.2) is 0 Å². The lowest BCUT2D eigenvalue weighted by Crippen LogP contribution is -2.31. The van der Waals surface area contributed by atoms with Gasteiger partial charge in [0.05, 0.1) is 0 Å². The van der Waals surface area contributed by atoms with E-state index < -0.39 is 0 Å². The van der Waals surface area contributed by atoms with Crippen LogP contribution in [0.2, 0.25) is 0 Å². The summed E-state index contributed by atoms with van der Waals surface area (Å²) >= 11 is 0. The maximum Gasteiger partial charge on any atom is -0.00807 e. The molecular weight excluding hydrogens is 216 g/mol. The highest BCUT2D eigenvalue weighted by atomic mass is 14.8. The maximum absolute atomic E-state index is 2.64. The van der Waals surface area contributed by atoms with Gasteiger partial charge in [0.15, 0.2) is 0 Å². The van der Waals surface area contributed by atoms with Crippen LogP contribution in [0.1, 0.15) is 59.3 Å². The molecule has 4 rings (SSSR count). The summed E-state index contributed by atoms with van der Waals surface area (Å²) < 4.78 is 0. The first-order valence-corrected chi connectivity index (χ1v) is 8.27. The first-order valence-electron chi connectivity index (χ1n) is 8.27. The van der Waals surface area contributed by atoms with Crippen molar-refractivity contribution < 1.29 is 0 Å². The number of hydrogen-bond acceptors (Lipinski definition) is 0. The molecule has 0 aromatic heterocycles.